The number of urea groups is 1. The topological polar surface area (TPSA) is 62.7 Å². The van der Waals surface area contributed by atoms with Crippen LogP contribution in [0.5, 0.6) is 0 Å². The van der Waals surface area contributed by atoms with E-state index in [1.807, 2.05) is 4.90 Å². The second-order valence-electron chi connectivity index (χ2n) is 6.94. The van der Waals surface area contributed by atoms with Crippen molar-refractivity contribution in [2.24, 2.45) is 11.8 Å². The second kappa shape index (κ2) is 5.01. The Morgan fingerprint density at radius 1 is 1.30 bits per heavy atom. The lowest BCUT2D eigenvalue weighted by Gasteiger charge is -2.16. The van der Waals surface area contributed by atoms with E-state index >= 15 is 0 Å². The average Bonchev–Trinajstić information content (AvgIpc) is 3.26. The molecule has 1 aromatic rings. The molecule has 4 heterocycles. The highest BCUT2D eigenvalue weighted by atomic mass is 32.1. The normalized spacial score (nSPS) is 32.4. The molecule has 3 amide bonds. The van der Waals surface area contributed by atoms with Crippen molar-refractivity contribution in [1.82, 2.24) is 14.8 Å². The van der Waals surface area contributed by atoms with Gasteiger partial charge in [0.2, 0.25) is 0 Å². The number of amides is 3. The molecule has 0 aromatic carbocycles. The Labute approximate surface area is 138 Å². The van der Waals surface area contributed by atoms with Gasteiger partial charge in [0, 0.05) is 13.0 Å². The van der Waals surface area contributed by atoms with E-state index < -0.39 is 0 Å². The minimum absolute atomic E-state index is 0.00572. The zero-order valence-electron chi connectivity index (χ0n) is 12.9. The molecule has 0 unspecified atom stereocenters. The van der Waals surface area contributed by atoms with Gasteiger partial charge in [-0.25, -0.2) is 9.78 Å². The molecular weight excluding hydrogens is 314 g/mol. The van der Waals surface area contributed by atoms with Crippen LogP contribution in [0.1, 0.15) is 34.8 Å². The molecule has 0 bridgehead atoms. The van der Waals surface area contributed by atoms with E-state index in [1.54, 1.807) is 11.3 Å². The molecule has 0 radical (unpaired) electrons. The smallest absolute Gasteiger partial charge is 0.327 e. The zero-order valence-corrected chi connectivity index (χ0v) is 13.7. The quantitative estimate of drug-likeness (QED) is 0.774. The van der Waals surface area contributed by atoms with Gasteiger partial charge in [0.05, 0.1) is 30.3 Å². The standard InChI is InChI=1S/C16H19N3O3S/c20-15-14-10-3-1-2-9(10)6-18(14)16(21)19(15)7-13-17-11-4-5-22-8-12(11)23-13/h9-10,14H,1-8H2/t9-,10-,14+/m1/s1. The fourth-order valence-corrected chi connectivity index (χ4v) is 5.70. The fraction of sp³-hybridized carbons (Fsp3) is 0.688. The van der Waals surface area contributed by atoms with Crippen molar-refractivity contribution in [3.8, 4) is 0 Å². The van der Waals surface area contributed by atoms with Gasteiger partial charge in [-0.05, 0) is 24.7 Å². The van der Waals surface area contributed by atoms with E-state index in [2.05, 4.69) is 4.98 Å². The third kappa shape index (κ3) is 1.99. The molecule has 5 rings (SSSR count). The Balaban J connectivity index is 1.38. The summed E-state index contributed by atoms with van der Waals surface area (Å²) < 4.78 is 5.44. The SMILES string of the molecule is O=C1[C@@H]2[C@@H]3CCC[C@@H]3CN2C(=O)N1Cc1nc2c(s1)COCC2. The number of nitrogens with zero attached hydrogens (tertiary/aromatic N) is 3. The van der Waals surface area contributed by atoms with Crippen molar-refractivity contribution in [1.29, 1.82) is 0 Å². The van der Waals surface area contributed by atoms with E-state index in [1.165, 1.54) is 11.3 Å². The van der Waals surface area contributed by atoms with Crippen LogP contribution in [-0.4, -0.2) is 45.9 Å². The third-order valence-corrected chi connectivity index (χ3v) is 6.77. The predicted octanol–water partition coefficient (Wildman–Crippen LogP) is 1.78. The summed E-state index contributed by atoms with van der Waals surface area (Å²) in [5, 5.41) is 0.853. The number of carbonyl (C=O) groups excluding carboxylic acids is 2. The molecule has 23 heavy (non-hydrogen) atoms. The first-order chi connectivity index (χ1) is 11.2. The van der Waals surface area contributed by atoms with Gasteiger partial charge in [-0.3, -0.25) is 9.69 Å². The van der Waals surface area contributed by atoms with Crippen LogP contribution >= 0.6 is 11.3 Å². The second-order valence-corrected chi connectivity index (χ2v) is 8.11. The number of fused-ring (bicyclic) bond motifs is 4. The summed E-state index contributed by atoms with van der Waals surface area (Å²) in [4.78, 5) is 34.5. The lowest BCUT2D eigenvalue weighted by Crippen LogP contribution is -2.34. The Morgan fingerprint density at radius 2 is 2.22 bits per heavy atom. The van der Waals surface area contributed by atoms with Gasteiger partial charge in [0.25, 0.3) is 5.91 Å². The van der Waals surface area contributed by atoms with Crippen LogP contribution < -0.4 is 0 Å². The van der Waals surface area contributed by atoms with Gasteiger partial charge in [-0.1, -0.05) is 6.42 Å². The van der Waals surface area contributed by atoms with Crippen molar-refractivity contribution in [2.45, 2.75) is 44.9 Å². The zero-order chi connectivity index (χ0) is 15.6. The highest BCUT2D eigenvalue weighted by molar-refractivity contribution is 7.11. The number of imide groups is 1. The lowest BCUT2D eigenvalue weighted by atomic mass is 9.93. The average molecular weight is 333 g/mol. The maximum Gasteiger partial charge on any atom is 0.327 e. The van der Waals surface area contributed by atoms with Crippen LogP contribution in [0.15, 0.2) is 0 Å². The molecule has 7 heteroatoms. The Bertz CT molecular complexity index is 665. The molecule has 4 aliphatic rings. The van der Waals surface area contributed by atoms with Gasteiger partial charge in [0.1, 0.15) is 11.0 Å². The molecule has 6 nitrogen and oxygen atoms in total. The van der Waals surface area contributed by atoms with Gasteiger partial charge in [-0.2, -0.15) is 0 Å². The molecular formula is C16H19N3O3S. The van der Waals surface area contributed by atoms with E-state index in [0.29, 0.717) is 31.6 Å². The van der Waals surface area contributed by atoms with Gasteiger partial charge in [-0.15, -0.1) is 11.3 Å². The number of thiazole rings is 1. The van der Waals surface area contributed by atoms with Crippen LogP contribution in [0.4, 0.5) is 4.79 Å². The van der Waals surface area contributed by atoms with Crippen LogP contribution in [0.2, 0.25) is 0 Å². The molecule has 0 spiro atoms. The summed E-state index contributed by atoms with van der Waals surface area (Å²) in [6.45, 7) is 2.39. The summed E-state index contributed by atoms with van der Waals surface area (Å²) in [6.07, 6.45) is 4.27. The minimum atomic E-state index is -0.201. The molecule has 3 aliphatic heterocycles. The highest BCUT2D eigenvalue weighted by Gasteiger charge is 2.56. The van der Waals surface area contributed by atoms with Crippen LogP contribution in [0.3, 0.4) is 0 Å². The first-order valence-electron chi connectivity index (χ1n) is 8.39. The van der Waals surface area contributed by atoms with E-state index in [-0.39, 0.29) is 18.0 Å². The first-order valence-corrected chi connectivity index (χ1v) is 9.21. The molecule has 3 atom stereocenters. The number of ether oxygens (including phenoxy) is 1. The highest BCUT2D eigenvalue weighted by Crippen LogP contribution is 2.45. The van der Waals surface area contributed by atoms with Crippen molar-refractivity contribution in [2.75, 3.05) is 13.2 Å². The largest absolute Gasteiger partial charge is 0.375 e. The Hall–Kier alpha value is -1.47. The number of hydrogen-bond donors (Lipinski definition) is 0. The fourth-order valence-electron chi connectivity index (χ4n) is 4.65. The molecule has 2 saturated heterocycles. The van der Waals surface area contributed by atoms with Gasteiger partial charge >= 0.3 is 6.03 Å². The monoisotopic (exact) mass is 333 g/mol. The van der Waals surface area contributed by atoms with Crippen molar-refractivity contribution < 1.29 is 14.3 Å². The first kappa shape index (κ1) is 13.9. The van der Waals surface area contributed by atoms with Crippen LogP contribution in [-0.2, 0) is 29.1 Å². The molecule has 0 N–H and O–H groups in total. The van der Waals surface area contributed by atoms with Gasteiger partial charge < -0.3 is 9.64 Å². The lowest BCUT2D eigenvalue weighted by molar-refractivity contribution is -0.129. The summed E-state index contributed by atoms with van der Waals surface area (Å²) in [5.41, 5.74) is 1.08. The van der Waals surface area contributed by atoms with Crippen molar-refractivity contribution in [3.63, 3.8) is 0 Å². The van der Waals surface area contributed by atoms with Crippen LogP contribution in [0.25, 0.3) is 0 Å². The Morgan fingerprint density at radius 3 is 3.09 bits per heavy atom. The van der Waals surface area contributed by atoms with Crippen molar-refractivity contribution >= 4 is 23.3 Å². The van der Waals surface area contributed by atoms with E-state index in [0.717, 1.165) is 41.4 Å². The maximum absolute atomic E-state index is 12.8. The van der Waals surface area contributed by atoms with Crippen molar-refractivity contribution in [3.05, 3.63) is 15.6 Å². The summed E-state index contributed by atoms with van der Waals surface area (Å²) in [7, 11) is 0. The molecule has 3 fully saturated rings. The maximum atomic E-state index is 12.8. The van der Waals surface area contributed by atoms with E-state index in [9.17, 15) is 9.59 Å². The number of rotatable bonds is 2. The molecule has 1 aromatic heterocycles. The third-order valence-electron chi connectivity index (χ3n) is 5.72. The van der Waals surface area contributed by atoms with Gasteiger partial charge in [0.15, 0.2) is 0 Å². The number of carbonyl (C=O) groups is 2. The Kier molecular flexibility index (Phi) is 3.03. The molecule has 1 saturated carbocycles. The van der Waals surface area contributed by atoms with Crippen LogP contribution in [0, 0.1) is 11.8 Å². The molecule has 122 valence electrons. The summed E-state index contributed by atoms with van der Waals surface area (Å²) in [5.74, 6) is 0.919. The minimum Gasteiger partial charge on any atom is -0.375 e. The number of hydrogen-bond acceptors (Lipinski definition) is 5. The summed E-state index contributed by atoms with van der Waals surface area (Å²) in [6, 6.07) is -0.313. The van der Waals surface area contributed by atoms with E-state index in [4.69, 9.17) is 4.74 Å². The predicted molar refractivity (Wildman–Crippen MR) is 82.7 cm³/mol. The molecule has 1 aliphatic carbocycles. The number of aromatic nitrogens is 1. The summed E-state index contributed by atoms with van der Waals surface area (Å²) >= 11 is 1.57.